The van der Waals surface area contributed by atoms with Crippen LogP contribution in [0.2, 0.25) is 0 Å². The van der Waals surface area contributed by atoms with Crippen molar-refractivity contribution in [2.45, 2.75) is 51.2 Å². The number of fused-ring (bicyclic) bond motifs is 1. The molecular weight excluding hydrogens is 361 g/mol. The van der Waals surface area contributed by atoms with Crippen LogP contribution in [-0.2, 0) is 24.2 Å². The fourth-order valence-electron chi connectivity index (χ4n) is 2.93. The minimum absolute atomic E-state index is 0. The number of amides is 1. The summed E-state index contributed by atoms with van der Waals surface area (Å²) in [6.45, 7) is 2.90. The van der Waals surface area contributed by atoms with Crippen molar-refractivity contribution in [3.8, 4) is 0 Å². The molecule has 0 spiro atoms. The molecule has 2 heterocycles. The number of aryl methyl sites for hydroxylation is 2. The zero-order valence-electron chi connectivity index (χ0n) is 14.2. The zero-order valence-corrected chi connectivity index (χ0v) is 15.9. The van der Waals surface area contributed by atoms with Crippen molar-refractivity contribution in [3.63, 3.8) is 0 Å². The smallest absolute Gasteiger partial charge is 0.237 e. The van der Waals surface area contributed by atoms with E-state index >= 15 is 0 Å². The summed E-state index contributed by atoms with van der Waals surface area (Å²) in [7, 11) is 0. The second kappa shape index (κ2) is 9.75. The Morgan fingerprint density at radius 3 is 2.76 bits per heavy atom. The number of nitrogens with two attached hydrogens (primary N) is 1. The van der Waals surface area contributed by atoms with Gasteiger partial charge < -0.3 is 11.1 Å². The van der Waals surface area contributed by atoms with Gasteiger partial charge in [0.2, 0.25) is 5.91 Å². The molecule has 0 aliphatic carbocycles. The highest BCUT2D eigenvalue weighted by atomic mass is 35.5. The van der Waals surface area contributed by atoms with E-state index in [9.17, 15) is 4.79 Å². The van der Waals surface area contributed by atoms with Gasteiger partial charge in [-0.25, -0.2) is 9.67 Å². The molecule has 2 unspecified atom stereocenters. The normalized spacial score (nSPS) is 16.8. The van der Waals surface area contributed by atoms with Gasteiger partial charge in [0.15, 0.2) is 5.82 Å². The summed E-state index contributed by atoms with van der Waals surface area (Å²) in [6.07, 6.45) is 3.20. The van der Waals surface area contributed by atoms with E-state index in [1.165, 1.54) is 0 Å². The van der Waals surface area contributed by atoms with Crippen molar-refractivity contribution in [1.29, 1.82) is 0 Å². The quantitative estimate of drug-likeness (QED) is 0.825. The minimum Gasteiger partial charge on any atom is -0.345 e. The van der Waals surface area contributed by atoms with Gasteiger partial charge >= 0.3 is 0 Å². The Kier molecular flexibility index (Phi) is 8.35. The van der Waals surface area contributed by atoms with Crippen LogP contribution < -0.4 is 11.1 Å². The molecule has 6 nitrogen and oxygen atoms in total. The first-order valence-electron chi connectivity index (χ1n) is 8.21. The molecule has 138 valence electrons. The molecule has 2 atom stereocenters. The van der Waals surface area contributed by atoms with Gasteiger partial charge in [0, 0.05) is 13.0 Å². The summed E-state index contributed by atoms with van der Waals surface area (Å²) < 4.78 is 1.91. The number of benzene rings is 1. The third-order valence-corrected chi connectivity index (χ3v) is 4.19. The molecule has 0 saturated carbocycles. The number of rotatable bonds is 5. The Morgan fingerprint density at radius 1 is 1.36 bits per heavy atom. The maximum atomic E-state index is 12.4. The number of hydrogen-bond acceptors (Lipinski definition) is 4. The van der Waals surface area contributed by atoms with Crippen molar-refractivity contribution < 1.29 is 4.79 Å². The van der Waals surface area contributed by atoms with E-state index in [1.54, 1.807) is 0 Å². The van der Waals surface area contributed by atoms with Gasteiger partial charge in [-0.15, -0.1) is 24.8 Å². The summed E-state index contributed by atoms with van der Waals surface area (Å²) in [5, 5.41) is 7.51. The molecule has 0 fully saturated rings. The van der Waals surface area contributed by atoms with Gasteiger partial charge in [0.25, 0.3) is 0 Å². The first kappa shape index (κ1) is 21.4. The lowest BCUT2D eigenvalue weighted by atomic mass is 10.0. The number of aromatic nitrogens is 3. The molecular formula is C17H25Cl2N5O. The van der Waals surface area contributed by atoms with E-state index in [2.05, 4.69) is 15.4 Å². The lowest BCUT2D eigenvalue weighted by molar-refractivity contribution is -0.123. The highest BCUT2D eigenvalue weighted by Crippen LogP contribution is 2.23. The Hall–Kier alpha value is -1.63. The molecule has 25 heavy (non-hydrogen) atoms. The van der Waals surface area contributed by atoms with Crippen molar-refractivity contribution >= 4 is 30.7 Å². The monoisotopic (exact) mass is 385 g/mol. The Morgan fingerprint density at radius 2 is 2.08 bits per heavy atom. The zero-order chi connectivity index (χ0) is 16.2. The van der Waals surface area contributed by atoms with Crippen LogP contribution in [0.3, 0.4) is 0 Å². The standard InChI is InChI=1S/C17H23N5O.2ClH/c1-2-15-20-16-14(9-6-10-22(16)21-15)19-17(23)13(18)11-12-7-4-3-5-8-12;;/h3-5,7-8,13-14H,2,6,9-11,18H2,1H3,(H,19,23);2*1H. The highest BCUT2D eigenvalue weighted by molar-refractivity contribution is 5.85. The van der Waals surface area contributed by atoms with Crippen LogP contribution in [0.1, 0.15) is 43.0 Å². The highest BCUT2D eigenvalue weighted by Gasteiger charge is 2.27. The van der Waals surface area contributed by atoms with Crippen LogP contribution in [0.4, 0.5) is 0 Å². The Balaban J connectivity index is 0.00000156. The van der Waals surface area contributed by atoms with Gasteiger partial charge in [-0.3, -0.25) is 4.79 Å². The molecule has 1 aliphatic heterocycles. The molecule has 0 radical (unpaired) electrons. The number of carbonyl (C=O) groups excluding carboxylic acids is 1. The number of hydrogen-bond donors (Lipinski definition) is 2. The summed E-state index contributed by atoms with van der Waals surface area (Å²) in [6, 6.07) is 9.18. The summed E-state index contributed by atoms with van der Waals surface area (Å²) in [5.41, 5.74) is 7.13. The second-order valence-corrected chi connectivity index (χ2v) is 5.96. The van der Waals surface area contributed by atoms with Gasteiger partial charge in [-0.1, -0.05) is 37.3 Å². The van der Waals surface area contributed by atoms with E-state index in [-0.39, 0.29) is 36.8 Å². The Labute approximate surface area is 160 Å². The third kappa shape index (κ3) is 5.17. The van der Waals surface area contributed by atoms with E-state index in [1.807, 2.05) is 41.9 Å². The largest absolute Gasteiger partial charge is 0.345 e. The predicted octanol–water partition coefficient (Wildman–Crippen LogP) is 2.21. The van der Waals surface area contributed by atoms with Crippen LogP contribution in [-0.4, -0.2) is 26.7 Å². The summed E-state index contributed by atoms with van der Waals surface area (Å²) in [4.78, 5) is 17.0. The SMILES string of the molecule is CCc1nc2n(n1)CCCC2NC(=O)C(N)Cc1ccccc1.Cl.Cl. The third-order valence-electron chi connectivity index (χ3n) is 4.19. The number of halogens is 2. The molecule has 3 N–H and O–H groups in total. The Bertz CT molecular complexity index is 677. The number of carbonyl (C=O) groups is 1. The van der Waals surface area contributed by atoms with Gasteiger partial charge in [0.1, 0.15) is 5.82 Å². The lowest BCUT2D eigenvalue weighted by Gasteiger charge is -2.24. The van der Waals surface area contributed by atoms with Crippen molar-refractivity contribution in [1.82, 2.24) is 20.1 Å². The first-order valence-corrected chi connectivity index (χ1v) is 8.21. The number of nitrogens with one attached hydrogen (secondary N) is 1. The summed E-state index contributed by atoms with van der Waals surface area (Å²) in [5.74, 6) is 1.55. The van der Waals surface area contributed by atoms with E-state index < -0.39 is 6.04 Å². The van der Waals surface area contributed by atoms with Crippen molar-refractivity contribution in [3.05, 3.63) is 47.5 Å². The maximum Gasteiger partial charge on any atom is 0.237 e. The second-order valence-electron chi connectivity index (χ2n) is 5.96. The average molecular weight is 386 g/mol. The van der Waals surface area contributed by atoms with Gasteiger partial charge in [-0.2, -0.15) is 5.10 Å². The average Bonchev–Trinajstić information content (AvgIpc) is 3.00. The molecule has 1 aromatic heterocycles. The van der Waals surface area contributed by atoms with E-state index in [0.717, 1.165) is 43.0 Å². The predicted molar refractivity (Wildman–Crippen MR) is 102 cm³/mol. The maximum absolute atomic E-state index is 12.4. The molecule has 2 aromatic rings. The molecule has 1 amide bonds. The molecule has 1 aromatic carbocycles. The van der Waals surface area contributed by atoms with Gasteiger partial charge in [0.05, 0.1) is 12.1 Å². The van der Waals surface area contributed by atoms with Crippen molar-refractivity contribution in [2.75, 3.05) is 0 Å². The molecule has 0 saturated heterocycles. The number of nitrogens with zero attached hydrogens (tertiary/aromatic N) is 3. The van der Waals surface area contributed by atoms with Crippen LogP contribution in [0.5, 0.6) is 0 Å². The molecule has 8 heteroatoms. The lowest BCUT2D eigenvalue weighted by Crippen LogP contribution is -2.44. The van der Waals surface area contributed by atoms with E-state index in [0.29, 0.717) is 6.42 Å². The van der Waals surface area contributed by atoms with Crippen LogP contribution in [0.15, 0.2) is 30.3 Å². The molecule has 1 aliphatic rings. The molecule has 0 bridgehead atoms. The van der Waals surface area contributed by atoms with Crippen LogP contribution in [0, 0.1) is 0 Å². The topological polar surface area (TPSA) is 85.8 Å². The molecule has 3 rings (SSSR count). The minimum atomic E-state index is -0.554. The fourth-order valence-corrected chi connectivity index (χ4v) is 2.93. The van der Waals surface area contributed by atoms with E-state index in [4.69, 9.17) is 5.73 Å². The van der Waals surface area contributed by atoms with Crippen LogP contribution >= 0.6 is 24.8 Å². The first-order chi connectivity index (χ1) is 11.2. The van der Waals surface area contributed by atoms with Crippen molar-refractivity contribution in [2.24, 2.45) is 5.73 Å². The van der Waals surface area contributed by atoms with Gasteiger partial charge in [-0.05, 0) is 24.8 Å². The fraction of sp³-hybridized carbons (Fsp3) is 0.471. The summed E-state index contributed by atoms with van der Waals surface area (Å²) >= 11 is 0. The van der Waals surface area contributed by atoms with Crippen LogP contribution in [0.25, 0.3) is 0 Å².